The number of hydrogen-bond donors (Lipinski definition) is 1. The van der Waals surface area contributed by atoms with E-state index in [-0.39, 0.29) is 5.91 Å². The molecule has 0 saturated heterocycles. The van der Waals surface area contributed by atoms with Crippen molar-refractivity contribution in [1.29, 1.82) is 0 Å². The van der Waals surface area contributed by atoms with Crippen LogP contribution < -0.4 is 5.32 Å². The molecule has 0 aliphatic rings. The summed E-state index contributed by atoms with van der Waals surface area (Å²) in [6.07, 6.45) is 5.06. The summed E-state index contributed by atoms with van der Waals surface area (Å²) >= 11 is 0. The van der Waals surface area contributed by atoms with Gasteiger partial charge in [-0.05, 0) is 6.92 Å². The summed E-state index contributed by atoms with van der Waals surface area (Å²) < 4.78 is 0. The zero-order chi connectivity index (χ0) is 8.81. The van der Waals surface area contributed by atoms with Crippen LogP contribution in [0.15, 0.2) is 18.6 Å². The summed E-state index contributed by atoms with van der Waals surface area (Å²) in [6.45, 7) is 2.54. The maximum atomic E-state index is 11.0. The number of amides is 1. The Balaban J connectivity index is 2.47. The molecule has 0 aliphatic carbocycles. The summed E-state index contributed by atoms with van der Waals surface area (Å²) in [6, 6.07) is 0. The molecule has 0 unspecified atom stereocenters. The number of carbonyl (C=O) groups excluding carboxylic acids is 1. The van der Waals surface area contributed by atoms with Crippen LogP contribution in [0.1, 0.15) is 12.6 Å². The van der Waals surface area contributed by atoms with Crippen molar-refractivity contribution in [3.05, 3.63) is 24.3 Å². The van der Waals surface area contributed by atoms with Gasteiger partial charge in [-0.15, -0.1) is 0 Å². The molecule has 64 valence electrons. The Labute approximate surface area is 71.0 Å². The zero-order valence-corrected chi connectivity index (χ0v) is 6.95. The molecule has 1 N–H and O–H groups in total. The van der Waals surface area contributed by atoms with E-state index >= 15 is 0 Å². The highest BCUT2D eigenvalue weighted by atomic mass is 16.1. The topological polar surface area (TPSA) is 54.9 Å². The fourth-order valence-corrected chi connectivity index (χ4v) is 0.845. The fraction of sp³-hybridized carbons (Fsp3) is 0.375. The smallest absolute Gasteiger partial charge is 0.226 e. The second-order valence-corrected chi connectivity index (χ2v) is 2.33. The zero-order valence-electron chi connectivity index (χ0n) is 6.95. The molecule has 1 rings (SSSR count). The Hall–Kier alpha value is -1.45. The van der Waals surface area contributed by atoms with Crippen LogP contribution >= 0.6 is 0 Å². The minimum Gasteiger partial charge on any atom is -0.356 e. The Bertz CT molecular complexity index is 248. The van der Waals surface area contributed by atoms with Crippen molar-refractivity contribution >= 4 is 5.91 Å². The van der Waals surface area contributed by atoms with E-state index < -0.39 is 0 Å². The summed E-state index contributed by atoms with van der Waals surface area (Å²) in [5, 5.41) is 2.69. The van der Waals surface area contributed by atoms with E-state index in [2.05, 4.69) is 15.3 Å². The highest BCUT2D eigenvalue weighted by Crippen LogP contribution is 1.90. The van der Waals surface area contributed by atoms with Gasteiger partial charge in [-0.1, -0.05) is 0 Å². The summed E-state index contributed by atoms with van der Waals surface area (Å²) in [5.74, 6) is -0.0157. The number of aromatic nitrogens is 2. The van der Waals surface area contributed by atoms with E-state index in [9.17, 15) is 4.79 Å². The molecule has 0 radical (unpaired) electrons. The van der Waals surface area contributed by atoms with E-state index in [4.69, 9.17) is 0 Å². The number of hydrogen-bond acceptors (Lipinski definition) is 3. The van der Waals surface area contributed by atoms with Crippen LogP contribution in [0.5, 0.6) is 0 Å². The molecule has 1 aromatic rings. The van der Waals surface area contributed by atoms with Gasteiger partial charge in [0.1, 0.15) is 0 Å². The number of nitrogens with zero attached hydrogens (tertiary/aromatic N) is 2. The molecule has 0 fully saturated rings. The lowest BCUT2D eigenvalue weighted by Crippen LogP contribution is -2.24. The predicted octanol–water partition coefficient (Wildman–Crippen LogP) is 0.155. The monoisotopic (exact) mass is 165 g/mol. The second kappa shape index (κ2) is 4.43. The van der Waals surface area contributed by atoms with Crippen LogP contribution in [0.2, 0.25) is 0 Å². The number of nitrogens with one attached hydrogen (secondary N) is 1. The first kappa shape index (κ1) is 8.64. The molecule has 0 saturated carbocycles. The number of rotatable bonds is 3. The van der Waals surface area contributed by atoms with E-state index in [0.29, 0.717) is 18.7 Å². The van der Waals surface area contributed by atoms with Crippen molar-refractivity contribution in [2.24, 2.45) is 0 Å². The number of likely N-dealkylation sites (N-methyl/N-ethyl adjacent to an activating group) is 1. The third-order valence-electron chi connectivity index (χ3n) is 1.33. The Morgan fingerprint density at radius 3 is 3.00 bits per heavy atom. The molecule has 0 spiro atoms. The minimum absolute atomic E-state index is 0.0157. The van der Waals surface area contributed by atoms with Crippen LogP contribution in [0, 0.1) is 0 Å². The van der Waals surface area contributed by atoms with Crippen molar-refractivity contribution in [3.8, 4) is 0 Å². The lowest BCUT2D eigenvalue weighted by atomic mass is 10.3. The quantitative estimate of drug-likeness (QED) is 0.693. The van der Waals surface area contributed by atoms with Gasteiger partial charge in [-0.25, -0.2) is 0 Å². The summed E-state index contributed by atoms with van der Waals surface area (Å²) in [7, 11) is 0. The van der Waals surface area contributed by atoms with E-state index in [1.807, 2.05) is 6.92 Å². The van der Waals surface area contributed by atoms with Crippen LogP contribution in [0.3, 0.4) is 0 Å². The molecule has 1 heterocycles. The molecule has 12 heavy (non-hydrogen) atoms. The van der Waals surface area contributed by atoms with Gasteiger partial charge in [0.15, 0.2) is 0 Å². The van der Waals surface area contributed by atoms with Crippen LogP contribution in [-0.2, 0) is 11.2 Å². The molecule has 4 heteroatoms. The van der Waals surface area contributed by atoms with Gasteiger partial charge in [-0.3, -0.25) is 14.8 Å². The van der Waals surface area contributed by atoms with E-state index in [1.165, 1.54) is 0 Å². The highest BCUT2D eigenvalue weighted by molar-refractivity contribution is 5.77. The molecule has 0 aromatic carbocycles. The molecule has 1 aromatic heterocycles. The first-order valence-electron chi connectivity index (χ1n) is 3.84. The molecule has 0 atom stereocenters. The maximum Gasteiger partial charge on any atom is 0.226 e. The van der Waals surface area contributed by atoms with Crippen molar-refractivity contribution in [2.45, 2.75) is 13.3 Å². The van der Waals surface area contributed by atoms with Crippen LogP contribution in [0.25, 0.3) is 0 Å². The molecule has 0 aliphatic heterocycles. The van der Waals surface area contributed by atoms with Crippen molar-refractivity contribution in [1.82, 2.24) is 15.3 Å². The minimum atomic E-state index is -0.0157. The van der Waals surface area contributed by atoms with Gasteiger partial charge in [0.05, 0.1) is 12.1 Å². The van der Waals surface area contributed by atoms with Crippen molar-refractivity contribution in [2.75, 3.05) is 6.54 Å². The first-order chi connectivity index (χ1) is 5.83. The van der Waals surface area contributed by atoms with E-state index in [0.717, 1.165) is 0 Å². The second-order valence-electron chi connectivity index (χ2n) is 2.33. The third-order valence-corrected chi connectivity index (χ3v) is 1.33. The molecule has 1 amide bonds. The maximum absolute atomic E-state index is 11.0. The third kappa shape index (κ3) is 2.65. The van der Waals surface area contributed by atoms with Gasteiger partial charge in [0.25, 0.3) is 0 Å². The predicted molar refractivity (Wildman–Crippen MR) is 44.4 cm³/mol. The average Bonchev–Trinajstić information content (AvgIpc) is 2.06. The Morgan fingerprint density at radius 2 is 2.42 bits per heavy atom. The van der Waals surface area contributed by atoms with Crippen molar-refractivity contribution < 1.29 is 4.79 Å². The average molecular weight is 165 g/mol. The van der Waals surface area contributed by atoms with E-state index in [1.54, 1.807) is 18.6 Å². The summed E-state index contributed by atoms with van der Waals surface area (Å²) in [4.78, 5) is 18.9. The highest BCUT2D eigenvalue weighted by Gasteiger charge is 2.01. The van der Waals surface area contributed by atoms with Crippen LogP contribution in [-0.4, -0.2) is 22.4 Å². The van der Waals surface area contributed by atoms with Gasteiger partial charge < -0.3 is 5.32 Å². The van der Waals surface area contributed by atoms with Gasteiger partial charge in [-0.2, -0.15) is 0 Å². The molecule has 0 bridgehead atoms. The van der Waals surface area contributed by atoms with Gasteiger partial charge in [0, 0.05) is 25.1 Å². The largest absolute Gasteiger partial charge is 0.356 e. The number of carbonyl (C=O) groups is 1. The lowest BCUT2D eigenvalue weighted by Gasteiger charge is -1.99. The Kier molecular flexibility index (Phi) is 3.19. The first-order valence-corrected chi connectivity index (χ1v) is 3.84. The summed E-state index contributed by atoms with van der Waals surface area (Å²) in [5.41, 5.74) is 0.698. The SMILES string of the molecule is CCNC(=O)Cc1cnccn1. The van der Waals surface area contributed by atoms with Gasteiger partial charge >= 0.3 is 0 Å². The molecular weight excluding hydrogens is 154 g/mol. The van der Waals surface area contributed by atoms with Gasteiger partial charge in [0.2, 0.25) is 5.91 Å². The standard InChI is InChI=1S/C8H11N3O/c1-2-10-8(12)5-7-6-9-3-4-11-7/h3-4,6H,2,5H2,1H3,(H,10,12). The van der Waals surface area contributed by atoms with Crippen molar-refractivity contribution in [3.63, 3.8) is 0 Å². The fourth-order valence-electron chi connectivity index (χ4n) is 0.845. The molecule has 4 nitrogen and oxygen atoms in total. The molecular formula is C8H11N3O. The normalized spacial score (nSPS) is 9.42. The van der Waals surface area contributed by atoms with Crippen LogP contribution in [0.4, 0.5) is 0 Å². The lowest BCUT2D eigenvalue weighted by molar-refractivity contribution is -0.120. The Morgan fingerprint density at radius 1 is 1.58 bits per heavy atom.